The van der Waals surface area contributed by atoms with Gasteiger partial charge in [0.1, 0.15) is 6.42 Å². The molecule has 0 unspecified atom stereocenters. The lowest BCUT2D eigenvalue weighted by atomic mass is 9.52. The van der Waals surface area contributed by atoms with Gasteiger partial charge in [-0.25, -0.2) is 0 Å². The van der Waals surface area contributed by atoms with Gasteiger partial charge in [-0.3, -0.25) is 9.59 Å². The Morgan fingerprint density at radius 1 is 1.11 bits per heavy atom. The SMILES string of the molecule is CN(C(=O)CC(=O)O)C12CC3CC(CC(C3)C1)C2. The first-order chi connectivity index (χ1) is 8.48. The summed E-state index contributed by atoms with van der Waals surface area (Å²) in [5, 5.41) is 8.77. The molecule has 1 amide bonds. The van der Waals surface area contributed by atoms with Gasteiger partial charge in [0.15, 0.2) is 0 Å². The summed E-state index contributed by atoms with van der Waals surface area (Å²) in [5.74, 6) is 1.09. The largest absolute Gasteiger partial charge is 0.481 e. The topological polar surface area (TPSA) is 57.6 Å². The molecule has 18 heavy (non-hydrogen) atoms. The number of carbonyl (C=O) groups excluding carboxylic acids is 1. The third kappa shape index (κ3) is 1.82. The molecular formula is C14H21NO3. The fourth-order valence-corrected chi connectivity index (χ4v) is 4.99. The quantitative estimate of drug-likeness (QED) is 0.779. The van der Waals surface area contributed by atoms with Crippen LogP contribution in [0.25, 0.3) is 0 Å². The molecule has 1 N–H and O–H groups in total. The van der Waals surface area contributed by atoms with Gasteiger partial charge in [0.25, 0.3) is 0 Å². The lowest BCUT2D eigenvalue weighted by molar-refractivity contribution is -0.153. The number of carboxylic acid groups (broad SMARTS) is 1. The van der Waals surface area contributed by atoms with Crippen LogP contribution in [0.15, 0.2) is 0 Å². The highest BCUT2D eigenvalue weighted by molar-refractivity contribution is 5.93. The van der Waals surface area contributed by atoms with E-state index < -0.39 is 5.97 Å². The molecule has 4 saturated carbocycles. The van der Waals surface area contributed by atoms with Crippen LogP contribution in [0.3, 0.4) is 0 Å². The third-order valence-corrected chi connectivity index (χ3v) is 5.39. The van der Waals surface area contributed by atoms with Crippen LogP contribution < -0.4 is 0 Å². The molecule has 0 radical (unpaired) electrons. The molecular weight excluding hydrogens is 230 g/mol. The van der Waals surface area contributed by atoms with Gasteiger partial charge >= 0.3 is 5.97 Å². The van der Waals surface area contributed by atoms with Crippen molar-refractivity contribution < 1.29 is 14.7 Å². The standard InChI is InChI=1S/C14H21NO3/c1-15(12(16)5-13(17)18)14-6-9-2-10(7-14)4-11(3-9)8-14/h9-11H,2-8H2,1H3,(H,17,18). The first-order valence-electron chi connectivity index (χ1n) is 6.97. The van der Waals surface area contributed by atoms with E-state index in [9.17, 15) is 9.59 Å². The normalized spacial score (nSPS) is 40.8. The highest BCUT2D eigenvalue weighted by atomic mass is 16.4. The van der Waals surface area contributed by atoms with Gasteiger partial charge in [0.05, 0.1) is 0 Å². The van der Waals surface area contributed by atoms with Gasteiger partial charge in [0, 0.05) is 12.6 Å². The summed E-state index contributed by atoms with van der Waals surface area (Å²) in [5.41, 5.74) is -0.0126. The van der Waals surface area contributed by atoms with Crippen molar-refractivity contribution in [1.82, 2.24) is 4.90 Å². The summed E-state index contributed by atoms with van der Waals surface area (Å²) < 4.78 is 0. The second-order valence-corrected chi connectivity index (χ2v) is 6.67. The maximum absolute atomic E-state index is 12.0. The Hall–Kier alpha value is -1.06. The zero-order valence-electron chi connectivity index (χ0n) is 10.9. The van der Waals surface area contributed by atoms with E-state index >= 15 is 0 Å². The average Bonchev–Trinajstić information content (AvgIpc) is 2.25. The summed E-state index contributed by atoms with van der Waals surface area (Å²) in [7, 11) is 1.82. The van der Waals surface area contributed by atoms with E-state index in [0.29, 0.717) is 0 Å². The van der Waals surface area contributed by atoms with E-state index in [4.69, 9.17) is 5.11 Å². The number of aliphatic carboxylic acids is 1. The molecule has 4 aliphatic carbocycles. The van der Waals surface area contributed by atoms with Crippen LogP contribution in [0.4, 0.5) is 0 Å². The number of rotatable bonds is 3. The molecule has 4 aliphatic rings. The summed E-state index contributed by atoms with van der Waals surface area (Å²) in [4.78, 5) is 24.5. The van der Waals surface area contributed by atoms with Gasteiger partial charge in [-0.05, 0) is 56.3 Å². The van der Waals surface area contributed by atoms with Crippen molar-refractivity contribution in [3.8, 4) is 0 Å². The lowest BCUT2D eigenvalue weighted by Crippen LogP contribution is -2.60. The Morgan fingerprint density at radius 2 is 1.56 bits per heavy atom. The van der Waals surface area contributed by atoms with Crippen LogP contribution in [0, 0.1) is 17.8 Å². The summed E-state index contributed by atoms with van der Waals surface area (Å²) in [6, 6.07) is 0. The first kappa shape index (κ1) is 12.0. The fraction of sp³-hybridized carbons (Fsp3) is 0.857. The Labute approximate surface area is 107 Å². The summed E-state index contributed by atoms with van der Waals surface area (Å²) >= 11 is 0. The number of hydrogen-bond acceptors (Lipinski definition) is 2. The second-order valence-electron chi connectivity index (χ2n) is 6.67. The van der Waals surface area contributed by atoms with Gasteiger partial charge in [-0.2, -0.15) is 0 Å². The molecule has 4 heteroatoms. The molecule has 0 heterocycles. The van der Waals surface area contributed by atoms with Crippen molar-refractivity contribution in [1.29, 1.82) is 0 Å². The lowest BCUT2D eigenvalue weighted by Gasteiger charge is -2.59. The van der Waals surface area contributed by atoms with Gasteiger partial charge in [0.2, 0.25) is 5.91 Å². The molecule has 0 aliphatic heterocycles. The van der Waals surface area contributed by atoms with Crippen LogP contribution in [0.5, 0.6) is 0 Å². The molecule has 0 saturated heterocycles. The molecule has 0 aromatic carbocycles. The number of carboxylic acids is 1. The van der Waals surface area contributed by atoms with Gasteiger partial charge in [-0.1, -0.05) is 0 Å². The zero-order chi connectivity index (χ0) is 12.9. The van der Waals surface area contributed by atoms with E-state index in [2.05, 4.69) is 0 Å². The molecule has 4 nitrogen and oxygen atoms in total. The molecule has 0 spiro atoms. The number of carbonyl (C=O) groups is 2. The highest BCUT2D eigenvalue weighted by Crippen LogP contribution is 2.57. The highest BCUT2D eigenvalue weighted by Gasteiger charge is 2.53. The van der Waals surface area contributed by atoms with Crippen molar-refractivity contribution in [2.24, 2.45) is 17.8 Å². The summed E-state index contributed by atoms with van der Waals surface area (Å²) in [6.07, 6.45) is 6.93. The Morgan fingerprint density at radius 3 is 1.94 bits per heavy atom. The molecule has 0 atom stereocenters. The minimum absolute atomic E-state index is 0.0126. The zero-order valence-corrected chi connectivity index (χ0v) is 10.9. The van der Waals surface area contributed by atoms with E-state index in [1.165, 1.54) is 19.3 Å². The molecule has 0 aromatic heterocycles. The van der Waals surface area contributed by atoms with E-state index in [1.807, 2.05) is 7.05 Å². The van der Waals surface area contributed by atoms with E-state index in [1.54, 1.807) is 4.90 Å². The van der Waals surface area contributed by atoms with Crippen molar-refractivity contribution in [2.45, 2.75) is 50.5 Å². The molecule has 4 bridgehead atoms. The number of amides is 1. The van der Waals surface area contributed by atoms with Crippen molar-refractivity contribution in [3.63, 3.8) is 0 Å². The first-order valence-corrected chi connectivity index (χ1v) is 6.97. The second kappa shape index (κ2) is 3.97. The number of nitrogens with zero attached hydrogens (tertiary/aromatic N) is 1. The Balaban J connectivity index is 1.78. The maximum Gasteiger partial charge on any atom is 0.312 e. The molecule has 0 aromatic rings. The Bertz CT molecular complexity index is 355. The van der Waals surface area contributed by atoms with Crippen LogP contribution >= 0.6 is 0 Å². The minimum Gasteiger partial charge on any atom is -0.481 e. The predicted molar refractivity (Wildman–Crippen MR) is 65.9 cm³/mol. The monoisotopic (exact) mass is 251 g/mol. The van der Waals surface area contributed by atoms with E-state index in [-0.39, 0.29) is 17.9 Å². The fourth-order valence-electron chi connectivity index (χ4n) is 4.99. The predicted octanol–water partition coefficient (Wildman–Crippen LogP) is 1.89. The van der Waals surface area contributed by atoms with Crippen LogP contribution in [-0.4, -0.2) is 34.5 Å². The number of hydrogen-bond donors (Lipinski definition) is 1. The van der Waals surface area contributed by atoms with Crippen molar-refractivity contribution >= 4 is 11.9 Å². The minimum atomic E-state index is -1.02. The molecule has 4 fully saturated rings. The van der Waals surface area contributed by atoms with Crippen molar-refractivity contribution in [3.05, 3.63) is 0 Å². The molecule has 100 valence electrons. The summed E-state index contributed by atoms with van der Waals surface area (Å²) in [6.45, 7) is 0. The van der Waals surface area contributed by atoms with Gasteiger partial charge < -0.3 is 10.0 Å². The van der Waals surface area contributed by atoms with Crippen LogP contribution in [0.1, 0.15) is 44.9 Å². The van der Waals surface area contributed by atoms with Crippen LogP contribution in [0.2, 0.25) is 0 Å². The Kier molecular flexibility index (Phi) is 2.65. The average molecular weight is 251 g/mol. The smallest absolute Gasteiger partial charge is 0.312 e. The maximum atomic E-state index is 12.0. The molecule has 4 rings (SSSR count). The van der Waals surface area contributed by atoms with E-state index in [0.717, 1.165) is 37.0 Å². The third-order valence-electron chi connectivity index (χ3n) is 5.39. The van der Waals surface area contributed by atoms with Crippen LogP contribution in [-0.2, 0) is 9.59 Å². The van der Waals surface area contributed by atoms with Gasteiger partial charge in [-0.15, -0.1) is 0 Å². The van der Waals surface area contributed by atoms with Crippen molar-refractivity contribution in [2.75, 3.05) is 7.05 Å².